The second kappa shape index (κ2) is 13.6. The predicted octanol–water partition coefficient (Wildman–Crippen LogP) is 12.2. The summed E-state index contributed by atoms with van der Waals surface area (Å²) in [5, 5.41) is 1.54. The molecular weight excluding hydrogens is 701 g/mol. The Morgan fingerprint density at radius 3 is 1.52 bits per heavy atom. The second-order valence-corrected chi connectivity index (χ2v) is 20.8. The summed E-state index contributed by atoms with van der Waals surface area (Å²) < 4.78 is 3.41. The fourth-order valence-electron chi connectivity index (χ4n) is 6.41. The summed E-state index contributed by atoms with van der Waals surface area (Å²) >= 11 is 10.6. The van der Waals surface area contributed by atoms with Crippen LogP contribution in [0.2, 0.25) is 10.0 Å². The molecule has 4 aromatic rings. The van der Waals surface area contributed by atoms with Gasteiger partial charge in [0.25, 0.3) is 0 Å². The van der Waals surface area contributed by atoms with Gasteiger partial charge in [0, 0.05) is 0 Å². The molecule has 0 saturated carbocycles. The summed E-state index contributed by atoms with van der Waals surface area (Å²) in [4.78, 5) is 0. The van der Waals surface area contributed by atoms with Crippen LogP contribution < -0.4 is 0 Å². The van der Waals surface area contributed by atoms with Crippen molar-refractivity contribution in [3.05, 3.63) is 150 Å². The van der Waals surface area contributed by atoms with E-state index >= 15 is 0 Å². The fraction of sp³-hybridized carbons (Fsp3) is 0.256. The number of fused-ring (bicyclic) bond motifs is 3. The number of rotatable bonds is 4. The monoisotopic (exact) mass is 738 g/mol. The van der Waals surface area contributed by atoms with Crippen LogP contribution in [-0.4, -0.2) is 3.21 Å². The largest absolute Gasteiger partial charge is 0.147 e. The average molecular weight is 742 g/mol. The topological polar surface area (TPSA) is 0 Å². The summed E-state index contributed by atoms with van der Waals surface area (Å²) in [6.07, 6.45) is 8.02. The molecule has 5 heteroatoms. The van der Waals surface area contributed by atoms with E-state index in [1.165, 1.54) is 47.7 Å². The van der Waals surface area contributed by atoms with Crippen LogP contribution in [0.4, 0.5) is 0 Å². The molecule has 4 aromatic carbocycles. The van der Waals surface area contributed by atoms with E-state index in [2.05, 4.69) is 133 Å². The Hall–Kier alpha value is -1.73. The van der Waals surface area contributed by atoms with Gasteiger partial charge in [0.15, 0.2) is 0 Å². The molecule has 2 aliphatic carbocycles. The molecule has 0 saturated heterocycles. The van der Waals surface area contributed by atoms with Crippen molar-refractivity contribution in [1.82, 2.24) is 0 Å². The van der Waals surface area contributed by atoms with Gasteiger partial charge in [-0.05, 0) is 0 Å². The molecule has 0 aliphatic heterocycles. The SMILES string of the molecule is CC(C)(C)c1ccc2c(c1)[CH]([Zr]([C]1=CC=CC1)=[C](c1cccc(Cl)c1)c1cccc(Cl)c1)c1cc(C(C)(C)C)ccc1-2.Cl.Cl. The zero-order chi connectivity index (χ0) is 29.8. The maximum atomic E-state index is 6.69. The molecule has 0 heterocycles. The average Bonchev–Trinajstić information content (AvgIpc) is 3.57. The van der Waals surface area contributed by atoms with Crippen LogP contribution in [0.25, 0.3) is 11.1 Å². The first-order valence-corrected chi connectivity index (χ1v) is 19.5. The Balaban J connectivity index is 0.00000221. The van der Waals surface area contributed by atoms with Crippen molar-refractivity contribution in [2.45, 2.75) is 62.4 Å². The molecule has 0 N–H and O–H groups in total. The summed E-state index contributed by atoms with van der Waals surface area (Å²) in [5.41, 5.74) is 11.1. The molecule has 0 unspecified atom stereocenters. The van der Waals surface area contributed by atoms with E-state index in [1.807, 2.05) is 12.1 Å². The molecule has 6 rings (SSSR count). The van der Waals surface area contributed by atoms with Crippen LogP contribution in [0, 0.1) is 0 Å². The van der Waals surface area contributed by atoms with E-state index in [4.69, 9.17) is 23.2 Å². The molecule has 0 radical (unpaired) electrons. The number of hydrogen-bond acceptors (Lipinski definition) is 0. The van der Waals surface area contributed by atoms with E-state index in [-0.39, 0.29) is 35.6 Å². The Bertz CT molecular complexity index is 1690. The fourth-order valence-corrected chi connectivity index (χ4v) is 15.7. The standard InChI is InChI=1S/C21H25.C13H8Cl2.C5H5.2ClH.Zr/c1-20(2,3)16-7-9-18-14(12-16)11-15-13-17(21(4,5)6)8-10-19(15)18;14-12-5-1-3-10(8-12)7-11-4-2-6-13(15)9-11;1-2-4-5-3-1;;;/h7-13H,1-6H3;1-6,8-9H;1-3H,4H2;2*1H;. The first-order chi connectivity index (χ1) is 19.9. The molecule has 0 aromatic heterocycles. The molecule has 0 amide bonds. The van der Waals surface area contributed by atoms with Crippen molar-refractivity contribution < 1.29 is 21.3 Å². The molecule has 2 aliphatic rings. The van der Waals surface area contributed by atoms with E-state index in [0.29, 0.717) is 3.63 Å². The van der Waals surface area contributed by atoms with Gasteiger partial charge in [-0.3, -0.25) is 0 Å². The van der Waals surface area contributed by atoms with Crippen LogP contribution in [0.15, 0.2) is 106 Å². The summed E-state index contributed by atoms with van der Waals surface area (Å²) in [6.45, 7) is 13.9. The minimum Gasteiger partial charge on any atom is -0.147 e. The van der Waals surface area contributed by atoms with Crippen LogP contribution in [0.5, 0.6) is 0 Å². The van der Waals surface area contributed by atoms with E-state index in [0.717, 1.165) is 16.5 Å². The zero-order valence-corrected chi connectivity index (χ0v) is 31.8. The van der Waals surface area contributed by atoms with Crippen molar-refractivity contribution >= 4 is 51.2 Å². The van der Waals surface area contributed by atoms with Gasteiger partial charge in [-0.1, -0.05) is 0 Å². The molecule has 0 bridgehead atoms. The third-order valence-electron chi connectivity index (χ3n) is 8.65. The predicted molar refractivity (Wildman–Crippen MR) is 194 cm³/mol. The molecule has 0 atom stereocenters. The van der Waals surface area contributed by atoms with Crippen molar-refractivity contribution in [1.29, 1.82) is 0 Å². The van der Waals surface area contributed by atoms with Crippen molar-refractivity contribution in [3.63, 3.8) is 0 Å². The van der Waals surface area contributed by atoms with Gasteiger partial charge < -0.3 is 0 Å². The molecule has 44 heavy (non-hydrogen) atoms. The minimum atomic E-state index is -2.83. The molecule has 0 fully saturated rings. The van der Waals surface area contributed by atoms with Crippen molar-refractivity contribution in [2.75, 3.05) is 0 Å². The van der Waals surface area contributed by atoms with Gasteiger partial charge in [0.05, 0.1) is 0 Å². The maximum Gasteiger partial charge on any atom is -0.147 e. The van der Waals surface area contributed by atoms with Gasteiger partial charge in [-0.2, -0.15) is 0 Å². The Morgan fingerprint density at radius 2 is 1.14 bits per heavy atom. The first-order valence-electron chi connectivity index (χ1n) is 14.8. The van der Waals surface area contributed by atoms with Crippen LogP contribution in [0.3, 0.4) is 0 Å². The first kappa shape index (κ1) is 35.1. The van der Waals surface area contributed by atoms with Gasteiger partial charge in [-0.15, -0.1) is 24.8 Å². The van der Waals surface area contributed by atoms with Crippen molar-refractivity contribution in [3.8, 4) is 11.1 Å². The van der Waals surface area contributed by atoms with Crippen LogP contribution >= 0.6 is 48.0 Å². The third kappa shape index (κ3) is 6.84. The number of benzene rings is 4. The second-order valence-electron chi connectivity index (χ2n) is 13.7. The smallest absolute Gasteiger partial charge is 0.147 e. The van der Waals surface area contributed by atoms with Gasteiger partial charge in [0.2, 0.25) is 0 Å². The summed E-state index contributed by atoms with van der Waals surface area (Å²) in [6, 6.07) is 31.5. The zero-order valence-electron chi connectivity index (χ0n) is 26.2. The number of allylic oxidation sites excluding steroid dienone is 4. The summed E-state index contributed by atoms with van der Waals surface area (Å²) in [5.74, 6) is 0. The third-order valence-corrected chi connectivity index (χ3v) is 17.4. The van der Waals surface area contributed by atoms with Crippen molar-refractivity contribution in [2.24, 2.45) is 0 Å². The van der Waals surface area contributed by atoms with Gasteiger partial charge in [-0.25, -0.2) is 0 Å². The van der Waals surface area contributed by atoms with Crippen LogP contribution in [-0.2, 0) is 32.1 Å². The number of hydrogen-bond donors (Lipinski definition) is 0. The maximum absolute atomic E-state index is 6.69. The van der Waals surface area contributed by atoms with E-state index in [1.54, 1.807) is 3.28 Å². The van der Waals surface area contributed by atoms with Gasteiger partial charge in [0.1, 0.15) is 0 Å². The molecule has 0 nitrogen and oxygen atoms in total. The van der Waals surface area contributed by atoms with Gasteiger partial charge >= 0.3 is 271 Å². The Morgan fingerprint density at radius 1 is 0.659 bits per heavy atom. The van der Waals surface area contributed by atoms with E-state index in [9.17, 15) is 0 Å². The number of halogens is 4. The van der Waals surface area contributed by atoms with E-state index < -0.39 is 21.3 Å². The molecular formula is C39H40Cl4Zr. The molecule has 0 spiro atoms. The Labute approximate surface area is 293 Å². The quantitative estimate of drug-likeness (QED) is 0.195. The molecule has 228 valence electrons. The Kier molecular flexibility index (Phi) is 10.8. The summed E-state index contributed by atoms with van der Waals surface area (Å²) in [7, 11) is 0. The van der Waals surface area contributed by atoms with Crippen LogP contribution in [0.1, 0.15) is 85.0 Å². The minimum absolute atomic E-state index is 0. The normalized spacial score (nSPS) is 13.9.